The highest BCUT2D eigenvalue weighted by molar-refractivity contribution is 6.31. The zero-order valence-electron chi connectivity index (χ0n) is 17.1. The first-order chi connectivity index (χ1) is 15.6. The molecule has 32 heavy (non-hydrogen) atoms. The fourth-order valence-corrected chi connectivity index (χ4v) is 4.86. The molecule has 5 nitrogen and oxygen atoms in total. The molecule has 1 N–H and O–H groups in total. The van der Waals surface area contributed by atoms with E-state index < -0.39 is 6.10 Å². The van der Waals surface area contributed by atoms with Crippen molar-refractivity contribution in [3.05, 3.63) is 111 Å². The summed E-state index contributed by atoms with van der Waals surface area (Å²) in [4.78, 5) is 4.46. The van der Waals surface area contributed by atoms with Crippen LogP contribution in [0.2, 0.25) is 10.0 Å². The molecule has 2 aliphatic heterocycles. The molecule has 0 saturated heterocycles. The van der Waals surface area contributed by atoms with Gasteiger partial charge in [-0.25, -0.2) is 4.68 Å². The number of hydrogen-bond donors (Lipinski definition) is 1. The number of anilines is 1. The number of rotatable bonds is 2. The Morgan fingerprint density at radius 3 is 2.62 bits per heavy atom. The Bertz CT molecular complexity index is 1380. The Balaban J connectivity index is 1.65. The molecule has 0 amide bonds. The molecule has 2 aliphatic rings. The maximum Gasteiger partial charge on any atom is 0.226 e. The van der Waals surface area contributed by atoms with E-state index in [1.807, 2.05) is 47.1 Å². The van der Waals surface area contributed by atoms with Crippen molar-refractivity contribution in [3.8, 4) is 5.75 Å². The minimum Gasteiger partial charge on any atom is -0.480 e. The number of aryl methyl sites for hydroxylation is 1. The molecular weight excluding hydrogens is 443 g/mol. The van der Waals surface area contributed by atoms with E-state index in [-0.39, 0.29) is 6.04 Å². The monoisotopic (exact) mass is 460 g/mol. The number of benzene rings is 3. The summed E-state index contributed by atoms with van der Waals surface area (Å²) < 4.78 is 8.48. The largest absolute Gasteiger partial charge is 0.480 e. The molecule has 4 aromatic rings. The number of nitrogens with zero attached hydrogens (tertiary/aromatic N) is 3. The first kappa shape index (κ1) is 19.4. The molecule has 3 heterocycles. The Hall–Kier alpha value is -3.28. The topological polar surface area (TPSA) is 52.0 Å². The van der Waals surface area contributed by atoms with Gasteiger partial charge in [-0.05, 0) is 36.8 Å². The van der Waals surface area contributed by atoms with Crippen LogP contribution in [0.25, 0.3) is 5.70 Å². The van der Waals surface area contributed by atoms with Crippen molar-refractivity contribution in [2.75, 3.05) is 5.32 Å². The second kappa shape index (κ2) is 7.40. The number of ether oxygens (including phenoxy) is 1. The lowest BCUT2D eigenvalue weighted by molar-refractivity contribution is 0.223. The van der Waals surface area contributed by atoms with Gasteiger partial charge < -0.3 is 10.1 Å². The molecule has 0 saturated carbocycles. The van der Waals surface area contributed by atoms with Crippen molar-refractivity contribution in [3.63, 3.8) is 0 Å². The van der Waals surface area contributed by atoms with Gasteiger partial charge >= 0.3 is 0 Å². The Labute approximate surface area is 195 Å². The molecule has 0 unspecified atom stereocenters. The molecule has 2 atom stereocenters. The van der Waals surface area contributed by atoms with Gasteiger partial charge in [0.1, 0.15) is 18.1 Å². The molecule has 0 bridgehead atoms. The summed E-state index contributed by atoms with van der Waals surface area (Å²) in [5, 5.41) is 9.31. The molecule has 158 valence electrons. The summed E-state index contributed by atoms with van der Waals surface area (Å²) in [6.45, 7) is 2.08. The predicted molar refractivity (Wildman–Crippen MR) is 126 cm³/mol. The fraction of sp³-hybridized carbons (Fsp3) is 0.120. The maximum absolute atomic E-state index is 6.66. The SMILES string of the molecule is Cc1ccc([C@@H]2C3=C(Nc4ncnn42)c2cc(Cl)ccc2O[C@H]3c2ccccc2Cl)cc1. The van der Waals surface area contributed by atoms with Crippen LogP contribution in [0, 0.1) is 6.92 Å². The number of fused-ring (bicyclic) bond motifs is 3. The van der Waals surface area contributed by atoms with Gasteiger partial charge in [0.25, 0.3) is 0 Å². The summed E-state index contributed by atoms with van der Waals surface area (Å²) in [6.07, 6.45) is 1.15. The van der Waals surface area contributed by atoms with Gasteiger partial charge in [0, 0.05) is 26.7 Å². The third kappa shape index (κ3) is 3.00. The van der Waals surface area contributed by atoms with Gasteiger partial charge in [-0.2, -0.15) is 10.1 Å². The molecule has 0 aliphatic carbocycles. The lowest BCUT2D eigenvalue weighted by atomic mass is 9.84. The number of nitrogens with one attached hydrogen (secondary N) is 1. The average Bonchev–Trinajstić information content (AvgIpc) is 3.27. The van der Waals surface area contributed by atoms with Crippen LogP contribution >= 0.6 is 23.2 Å². The molecule has 3 aromatic carbocycles. The van der Waals surface area contributed by atoms with E-state index >= 15 is 0 Å². The van der Waals surface area contributed by atoms with Gasteiger partial charge in [0.05, 0.1) is 5.70 Å². The van der Waals surface area contributed by atoms with Crippen LogP contribution in [-0.2, 0) is 0 Å². The number of halogens is 2. The van der Waals surface area contributed by atoms with Crippen molar-refractivity contribution in [2.24, 2.45) is 0 Å². The molecular formula is C25H18Cl2N4O. The first-order valence-electron chi connectivity index (χ1n) is 10.3. The number of hydrogen-bond acceptors (Lipinski definition) is 4. The average molecular weight is 461 g/mol. The third-order valence-electron chi connectivity index (χ3n) is 5.96. The van der Waals surface area contributed by atoms with E-state index in [4.69, 9.17) is 27.9 Å². The van der Waals surface area contributed by atoms with E-state index in [0.717, 1.165) is 33.7 Å². The zero-order chi connectivity index (χ0) is 21.8. The molecule has 0 radical (unpaired) electrons. The molecule has 6 rings (SSSR count). The predicted octanol–water partition coefficient (Wildman–Crippen LogP) is 6.45. The van der Waals surface area contributed by atoms with Crippen molar-refractivity contribution in [1.29, 1.82) is 0 Å². The van der Waals surface area contributed by atoms with E-state index in [2.05, 4.69) is 46.6 Å². The lowest BCUT2D eigenvalue weighted by Gasteiger charge is -2.39. The van der Waals surface area contributed by atoms with Gasteiger partial charge in [0.2, 0.25) is 5.95 Å². The second-order valence-electron chi connectivity index (χ2n) is 7.96. The lowest BCUT2D eigenvalue weighted by Crippen LogP contribution is -2.32. The van der Waals surface area contributed by atoms with Gasteiger partial charge in [-0.3, -0.25) is 0 Å². The van der Waals surface area contributed by atoms with Crippen molar-refractivity contribution < 1.29 is 4.74 Å². The molecule has 1 aromatic heterocycles. The van der Waals surface area contributed by atoms with Crippen LogP contribution in [0.3, 0.4) is 0 Å². The third-order valence-corrected chi connectivity index (χ3v) is 6.54. The van der Waals surface area contributed by atoms with Crippen molar-refractivity contribution in [2.45, 2.75) is 19.1 Å². The zero-order valence-corrected chi connectivity index (χ0v) is 18.6. The molecule has 7 heteroatoms. The van der Waals surface area contributed by atoms with Gasteiger partial charge in [0.15, 0.2) is 6.10 Å². The van der Waals surface area contributed by atoms with Crippen LogP contribution in [-0.4, -0.2) is 14.8 Å². The van der Waals surface area contributed by atoms with Crippen LogP contribution in [0.15, 0.2) is 78.6 Å². The van der Waals surface area contributed by atoms with E-state index in [1.54, 1.807) is 6.33 Å². The maximum atomic E-state index is 6.66. The quantitative estimate of drug-likeness (QED) is 0.373. The highest BCUT2D eigenvalue weighted by Crippen LogP contribution is 2.51. The summed E-state index contributed by atoms with van der Waals surface area (Å²) in [5.41, 5.74) is 5.99. The van der Waals surface area contributed by atoms with Gasteiger partial charge in [-0.1, -0.05) is 71.2 Å². The van der Waals surface area contributed by atoms with Crippen LogP contribution in [0.1, 0.15) is 34.4 Å². The van der Waals surface area contributed by atoms with E-state index in [0.29, 0.717) is 16.0 Å². The smallest absolute Gasteiger partial charge is 0.226 e. The minimum absolute atomic E-state index is 0.224. The normalized spacial score (nSPS) is 18.8. The summed E-state index contributed by atoms with van der Waals surface area (Å²) in [7, 11) is 0. The van der Waals surface area contributed by atoms with Crippen LogP contribution < -0.4 is 10.1 Å². The molecule has 0 spiro atoms. The van der Waals surface area contributed by atoms with Gasteiger partial charge in [-0.15, -0.1) is 0 Å². The Kier molecular flexibility index (Phi) is 4.49. The summed E-state index contributed by atoms with van der Waals surface area (Å²) in [5.74, 6) is 1.40. The number of aromatic nitrogens is 3. The highest BCUT2D eigenvalue weighted by atomic mass is 35.5. The Morgan fingerprint density at radius 1 is 1.00 bits per heavy atom. The van der Waals surface area contributed by atoms with E-state index in [1.165, 1.54) is 5.56 Å². The fourth-order valence-electron chi connectivity index (χ4n) is 4.46. The highest BCUT2D eigenvalue weighted by Gasteiger charge is 2.41. The van der Waals surface area contributed by atoms with Crippen molar-refractivity contribution in [1.82, 2.24) is 14.8 Å². The Morgan fingerprint density at radius 2 is 1.81 bits per heavy atom. The molecule has 0 fully saturated rings. The summed E-state index contributed by atoms with van der Waals surface area (Å²) >= 11 is 13.0. The van der Waals surface area contributed by atoms with Crippen LogP contribution in [0.4, 0.5) is 5.95 Å². The standard InChI is InChI=1S/C25H18Cl2N4O/c1-14-6-8-15(9-7-14)23-21-22(30-25-28-13-29-31(23)25)18-12-16(26)10-11-20(18)32-24(21)17-4-2-3-5-19(17)27/h2-13,23-24H,1H3,(H,28,29,30)/t23-,24+/m1/s1. The van der Waals surface area contributed by atoms with Crippen LogP contribution in [0.5, 0.6) is 5.75 Å². The second-order valence-corrected chi connectivity index (χ2v) is 8.80. The summed E-state index contributed by atoms with van der Waals surface area (Å²) in [6, 6.07) is 21.7. The first-order valence-corrected chi connectivity index (χ1v) is 11.0. The van der Waals surface area contributed by atoms with Crippen molar-refractivity contribution >= 4 is 34.8 Å². The minimum atomic E-state index is -0.413. The van der Waals surface area contributed by atoms with E-state index in [9.17, 15) is 0 Å².